The first-order chi connectivity index (χ1) is 8.00. The van der Waals surface area contributed by atoms with Crippen molar-refractivity contribution in [2.24, 2.45) is 17.1 Å². The molecule has 1 rings (SSSR count). The van der Waals surface area contributed by atoms with E-state index in [1.54, 1.807) is 4.90 Å². The smallest absolute Gasteiger partial charge is 0.243 e. The lowest BCUT2D eigenvalue weighted by Crippen LogP contribution is -2.42. The van der Waals surface area contributed by atoms with Crippen LogP contribution in [0.25, 0.3) is 0 Å². The van der Waals surface area contributed by atoms with Crippen molar-refractivity contribution in [1.29, 1.82) is 5.26 Å². The van der Waals surface area contributed by atoms with Gasteiger partial charge >= 0.3 is 0 Å². The van der Waals surface area contributed by atoms with E-state index >= 15 is 0 Å². The summed E-state index contributed by atoms with van der Waals surface area (Å²) in [6.45, 7) is 4.56. The third-order valence-corrected chi connectivity index (χ3v) is 3.71. The van der Waals surface area contributed by atoms with Crippen LogP contribution >= 0.6 is 0 Å². The van der Waals surface area contributed by atoms with Gasteiger partial charge < -0.3 is 10.6 Å². The van der Waals surface area contributed by atoms with E-state index in [1.165, 1.54) is 0 Å². The maximum atomic E-state index is 12.3. The fourth-order valence-corrected chi connectivity index (χ4v) is 2.24. The topological polar surface area (TPSA) is 87.2 Å². The number of hydrogen-bond acceptors (Lipinski definition) is 3. The van der Waals surface area contributed by atoms with Crippen LogP contribution in [0.1, 0.15) is 33.1 Å². The Bertz CT molecular complexity index is 355. The minimum absolute atomic E-state index is 0.159. The fourth-order valence-electron chi connectivity index (χ4n) is 2.24. The second-order valence-corrected chi connectivity index (χ2v) is 4.54. The number of nitrogens with two attached hydrogens (primary N) is 1. The monoisotopic (exact) mass is 237 g/mol. The van der Waals surface area contributed by atoms with Gasteiger partial charge in [0.2, 0.25) is 11.8 Å². The van der Waals surface area contributed by atoms with Crippen molar-refractivity contribution in [3.05, 3.63) is 0 Å². The van der Waals surface area contributed by atoms with E-state index < -0.39 is 5.41 Å². The van der Waals surface area contributed by atoms with Gasteiger partial charge in [0, 0.05) is 13.1 Å². The zero-order chi connectivity index (χ0) is 13.1. The van der Waals surface area contributed by atoms with Gasteiger partial charge in [-0.2, -0.15) is 5.26 Å². The predicted molar refractivity (Wildman–Crippen MR) is 62.5 cm³/mol. The molecule has 2 amide bonds. The number of likely N-dealkylation sites (tertiary alicyclic amines) is 1. The molecule has 0 aromatic carbocycles. The first-order valence-electron chi connectivity index (χ1n) is 6.00. The number of nitrogens with zero attached hydrogens (tertiary/aromatic N) is 2. The Balaban J connectivity index is 2.79. The highest BCUT2D eigenvalue weighted by Crippen LogP contribution is 2.30. The highest BCUT2D eigenvalue weighted by atomic mass is 16.2. The van der Waals surface area contributed by atoms with Crippen LogP contribution in [0.2, 0.25) is 0 Å². The molecule has 0 aliphatic carbocycles. The Morgan fingerprint density at radius 1 is 1.47 bits per heavy atom. The van der Waals surface area contributed by atoms with Crippen LogP contribution in [0.5, 0.6) is 0 Å². The average molecular weight is 237 g/mol. The van der Waals surface area contributed by atoms with E-state index in [9.17, 15) is 14.9 Å². The third kappa shape index (κ3) is 2.41. The summed E-state index contributed by atoms with van der Waals surface area (Å²) in [7, 11) is 0. The summed E-state index contributed by atoms with van der Waals surface area (Å²) < 4.78 is 0. The van der Waals surface area contributed by atoms with E-state index in [2.05, 4.69) is 6.07 Å². The molecule has 0 spiro atoms. The Morgan fingerprint density at radius 3 is 2.41 bits per heavy atom. The summed E-state index contributed by atoms with van der Waals surface area (Å²) in [6, 6.07) is 2.13. The van der Waals surface area contributed by atoms with Crippen molar-refractivity contribution in [1.82, 2.24) is 4.90 Å². The molecule has 0 radical (unpaired) electrons. The zero-order valence-corrected chi connectivity index (χ0v) is 10.4. The quantitative estimate of drug-likeness (QED) is 0.778. The minimum atomic E-state index is -0.938. The maximum absolute atomic E-state index is 12.3. The van der Waals surface area contributed by atoms with Gasteiger partial charge in [0.1, 0.15) is 5.41 Å². The van der Waals surface area contributed by atoms with Crippen molar-refractivity contribution in [2.75, 3.05) is 13.1 Å². The number of carbonyl (C=O) groups excluding carboxylic acids is 2. The van der Waals surface area contributed by atoms with Gasteiger partial charge in [-0.25, -0.2) is 0 Å². The van der Waals surface area contributed by atoms with Gasteiger partial charge in [-0.15, -0.1) is 0 Å². The van der Waals surface area contributed by atoms with Crippen molar-refractivity contribution in [3.8, 4) is 6.07 Å². The summed E-state index contributed by atoms with van der Waals surface area (Å²) in [4.78, 5) is 24.9. The molecule has 0 aromatic rings. The van der Waals surface area contributed by atoms with E-state index in [0.29, 0.717) is 32.4 Å². The first-order valence-corrected chi connectivity index (χ1v) is 6.00. The van der Waals surface area contributed by atoms with Crippen molar-refractivity contribution >= 4 is 11.8 Å². The summed E-state index contributed by atoms with van der Waals surface area (Å²) in [5.41, 5.74) is 4.29. The number of carbonyl (C=O) groups is 2. The molecule has 1 atom stereocenters. The van der Waals surface area contributed by atoms with Crippen LogP contribution in [-0.2, 0) is 9.59 Å². The molecule has 1 aliphatic heterocycles. The Hall–Kier alpha value is -1.57. The van der Waals surface area contributed by atoms with Crippen molar-refractivity contribution in [2.45, 2.75) is 33.1 Å². The molecule has 0 saturated carbocycles. The number of nitriles is 1. The van der Waals surface area contributed by atoms with Gasteiger partial charge in [-0.3, -0.25) is 9.59 Å². The van der Waals surface area contributed by atoms with E-state index in [-0.39, 0.29) is 17.7 Å². The highest BCUT2D eigenvalue weighted by Gasteiger charge is 2.41. The summed E-state index contributed by atoms with van der Waals surface area (Å²) in [5.74, 6) is -0.784. The number of amides is 2. The predicted octanol–water partition coefficient (Wildman–Crippen LogP) is 0.650. The lowest BCUT2D eigenvalue weighted by molar-refractivity contribution is -0.138. The molecule has 0 bridgehead atoms. The maximum Gasteiger partial charge on any atom is 0.243 e. The minimum Gasteiger partial charge on any atom is -0.369 e. The molecule has 1 unspecified atom stereocenters. The first kappa shape index (κ1) is 13.5. The average Bonchev–Trinajstić information content (AvgIpc) is 2.81. The summed E-state index contributed by atoms with van der Waals surface area (Å²) in [5, 5.41) is 9.19. The normalized spacial score (nSPS) is 20.1. The highest BCUT2D eigenvalue weighted by molar-refractivity contribution is 5.87. The number of primary amides is 1. The molecule has 5 heteroatoms. The molecule has 1 fully saturated rings. The molecule has 17 heavy (non-hydrogen) atoms. The molecule has 1 saturated heterocycles. The molecule has 1 heterocycles. The van der Waals surface area contributed by atoms with Gasteiger partial charge in [-0.1, -0.05) is 13.8 Å². The molecule has 5 nitrogen and oxygen atoms in total. The van der Waals surface area contributed by atoms with Gasteiger partial charge in [0.25, 0.3) is 0 Å². The van der Waals surface area contributed by atoms with Crippen LogP contribution in [-0.4, -0.2) is 29.8 Å². The van der Waals surface area contributed by atoms with Crippen LogP contribution < -0.4 is 5.73 Å². The number of hydrogen-bond donors (Lipinski definition) is 1. The Labute approximate surface area is 102 Å². The van der Waals surface area contributed by atoms with E-state index in [4.69, 9.17) is 5.73 Å². The van der Waals surface area contributed by atoms with Gasteiger partial charge in [-0.05, 0) is 19.3 Å². The van der Waals surface area contributed by atoms with Crippen LogP contribution in [0.4, 0.5) is 0 Å². The third-order valence-electron chi connectivity index (χ3n) is 3.71. The summed E-state index contributed by atoms with van der Waals surface area (Å²) in [6.07, 6.45) is 1.60. The summed E-state index contributed by atoms with van der Waals surface area (Å²) >= 11 is 0. The lowest BCUT2D eigenvalue weighted by atomic mass is 9.82. The number of rotatable bonds is 4. The fraction of sp³-hybridized carbons (Fsp3) is 0.750. The molecule has 0 aromatic heterocycles. The molecule has 1 aliphatic rings. The standard InChI is InChI=1S/C12H19N3O2/c1-3-12(4-2,8-13)11(17)15-6-5-9(7-15)10(14)16/h9H,3-7H2,1-2H3,(H2,14,16). The van der Waals surface area contributed by atoms with Gasteiger partial charge in [0.05, 0.1) is 12.0 Å². The van der Waals surface area contributed by atoms with E-state index in [0.717, 1.165) is 0 Å². The van der Waals surface area contributed by atoms with Gasteiger partial charge in [0.15, 0.2) is 0 Å². The Morgan fingerprint density at radius 2 is 2.06 bits per heavy atom. The van der Waals surface area contributed by atoms with Crippen LogP contribution in [0.15, 0.2) is 0 Å². The SMILES string of the molecule is CCC(C#N)(CC)C(=O)N1CCC(C(N)=O)C1. The molecule has 2 N–H and O–H groups in total. The van der Waals surface area contributed by atoms with Crippen molar-refractivity contribution in [3.63, 3.8) is 0 Å². The van der Waals surface area contributed by atoms with Crippen LogP contribution in [0.3, 0.4) is 0 Å². The molecular weight excluding hydrogens is 218 g/mol. The molecular formula is C12H19N3O2. The Kier molecular flexibility index (Phi) is 4.11. The lowest BCUT2D eigenvalue weighted by Gasteiger charge is -2.28. The zero-order valence-electron chi connectivity index (χ0n) is 10.4. The van der Waals surface area contributed by atoms with E-state index in [1.807, 2.05) is 13.8 Å². The molecule has 94 valence electrons. The second kappa shape index (κ2) is 5.17. The largest absolute Gasteiger partial charge is 0.369 e. The van der Waals surface area contributed by atoms with Crippen LogP contribution in [0, 0.1) is 22.7 Å². The van der Waals surface area contributed by atoms with Crippen molar-refractivity contribution < 1.29 is 9.59 Å². The second-order valence-electron chi connectivity index (χ2n) is 4.54.